The number of aliphatic carboxylic acids is 1. The van der Waals surface area contributed by atoms with E-state index in [2.05, 4.69) is 20.9 Å². The van der Waals surface area contributed by atoms with Crippen molar-refractivity contribution in [3.05, 3.63) is 21.8 Å². The van der Waals surface area contributed by atoms with E-state index in [0.717, 1.165) is 16.2 Å². The van der Waals surface area contributed by atoms with Crippen LogP contribution < -0.4 is 0 Å². The molecule has 0 aliphatic carbocycles. The quantitative estimate of drug-likeness (QED) is 0.866. The molecule has 1 heterocycles. The molecule has 0 aliphatic heterocycles. The molecule has 70 valence electrons. The van der Waals surface area contributed by atoms with Crippen LogP contribution >= 0.6 is 39.3 Å². The number of halogens is 2. The Kier molecular flexibility index (Phi) is 4.02. The molecule has 0 radical (unpaired) electrons. The molecule has 0 amide bonds. The number of pyridine rings is 1. The van der Waals surface area contributed by atoms with Gasteiger partial charge in [0.2, 0.25) is 0 Å². The molecule has 1 aromatic heterocycles. The van der Waals surface area contributed by atoms with Gasteiger partial charge < -0.3 is 5.11 Å². The lowest BCUT2D eigenvalue weighted by molar-refractivity contribution is -0.133. The summed E-state index contributed by atoms with van der Waals surface area (Å²) in [6, 6.07) is 1.68. The second-order valence-electron chi connectivity index (χ2n) is 2.12. The third-order valence-electron chi connectivity index (χ3n) is 1.11. The maximum atomic E-state index is 10.2. The lowest BCUT2D eigenvalue weighted by Gasteiger charge is -2.00. The number of nitrogens with zero attached hydrogens (tertiary/aromatic N) is 1. The number of carboxylic acids is 1. The summed E-state index contributed by atoms with van der Waals surface area (Å²) in [5.74, 6) is -0.917. The molecule has 6 heteroatoms. The van der Waals surface area contributed by atoms with Crippen LogP contribution in [0.2, 0.25) is 5.02 Å². The summed E-state index contributed by atoms with van der Waals surface area (Å²) in [5, 5.41) is 9.41. The third kappa shape index (κ3) is 3.54. The average molecular weight is 283 g/mol. The van der Waals surface area contributed by atoms with Crippen LogP contribution in [0.1, 0.15) is 0 Å². The maximum Gasteiger partial charge on any atom is 0.313 e. The summed E-state index contributed by atoms with van der Waals surface area (Å²) in [5.41, 5.74) is 0. The first-order valence-electron chi connectivity index (χ1n) is 3.25. The minimum Gasteiger partial charge on any atom is -0.481 e. The van der Waals surface area contributed by atoms with E-state index >= 15 is 0 Å². The van der Waals surface area contributed by atoms with Gasteiger partial charge in [-0.05, 0) is 22.0 Å². The molecular formula is C7H5BrClNO2S. The molecule has 1 N–H and O–H groups in total. The molecule has 0 aliphatic rings. The first-order chi connectivity index (χ1) is 6.09. The average Bonchev–Trinajstić information content (AvgIpc) is 2.02. The van der Waals surface area contributed by atoms with Gasteiger partial charge in [0.1, 0.15) is 5.03 Å². The van der Waals surface area contributed by atoms with E-state index in [1.54, 1.807) is 12.3 Å². The van der Waals surface area contributed by atoms with Gasteiger partial charge in [-0.1, -0.05) is 23.4 Å². The molecule has 1 rings (SSSR count). The van der Waals surface area contributed by atoms with Crippen molar-refractivity contribution in [3.8, 4) is 0 Å². The minimum atomic E-state index is -0.884. The predicted octanol–water partition coefficient (Wildman–Crippen LogP) is 2.67. The Bertz CT molecular complexity index is 334. The zero-order valence-electron chi connectivity index (χ0n) is 6.33. The molecule has 13 heavy (non-hydrogen) atoms. The topological polar surface area (TPSA) is 50.2 Å². The van der Waals surface area contributed by atoms with Gasteiger partial charge in [-0.3, -0.25) is 4.79 Å². The molecule has 0 unspecified atom stereocenters. The fourth-order valence-corrected chi connectivity index (χ4v) is 2.02. The number of aromatic nitrogens is 1. The monoisotopic (exact) mass is 281 g/mol. The fraction of sp³-hybridized carbons (Fsp3) is 0.143. The van der Waals surface area contributed by atoms with Crippen LogP contribution in [0.15, 0.2) is 21.8 Å². The van der Waals surface area contributed by atoms with Gasteiger partial charge in [0.25, 0.3) is 0 Å². The SMILES string of the molecule is O=C(O)CSc1ncc(Br)cc1Cl. The highest BCUT2D eigenvalue weighted by Crippen LogP contribution is 2.26. The number of hydrogen-bond acceptors (Lipinski definition) is 3. The molecule has 0 saturated heterocycles. The number of rotatable bonds is 3. The van der Waals surface area contributed by atoms with Gasteiger partial charge in [0.15, 0.2) is 0 Å². The Morgan fingerprint density at radius 3 is 3.00 bits per heavy atom. The van der Waals surface area contributed by atoms with E-state index in [0.29, 0.717) is 10.0 Å². The largest absolute Gasteiger partial charge is 0.481 e. The van der Waals surface area contributed by atoms with E-state index in [-0.39, 0.29) is 5.75 Å². The van der Waals surface area contributed by atoms with Crippen molar-refractivity contribution in [3.63, 3.8) is 0 Å². The Morgan fingerprint density at radius 1 is 1.77 bits per heavy atom. The fourth-order valence-electron chi connectivity index (χ4n) is 0.638. The van der Waals surface area contributed by atoms with E-state index in [1.807, 2.05) is 0 Å². The second kappa shape index (κ2) is 4.83. The lowest BCUT2D eigenvalue weighted by atomic mass is 10.5. The Balaban J connectivity index is 2.72. The molecule has 0 saturated carbocycles. The maximum absolute atomic E-state index is 10.2. The van der Waals surface area contributed by atoms with E-state index in [1.165, 1.54) is 0 Å². The van der Waals surface area contributed by atoms with Crippen molar-refractivity contribution in [2.24, 2.45) is 0 Å². The van der Waals surface area contributed by atoms with Crippen LogP contribution in [0, 0.1) is 0 Å². The van der Waals surface area contributed by atoms with Gasteiger partial charge in [0.05, 0.1) is 10.8 Å². The first kappa shape index (κ1) is 10.8. The van der Waals surface area contributed by atoms with Gasteiger partial charge in [-0.15, -0.1) is 0 Å². The summed E-state index contributed by atoms with van der Waals surface area (Å²) in [7, 11) is 0. The third-order valence-corrected chi connectivity index (χ3v) is 2.93. The molecular weight excluding hydrogens is 278 g/mol. The second-order valence-corrected chi connectivity index (χ2v) is 4.41. The van der Waals surface area contributed by atoms with E-state index in [4.69, 9.17) is 16.7 Å². The highest BCUT2D eigenvalue weighted by molar-refractivity contribution is 9.10. The summed E-state index contributed by atoms with van der Waals surface area (Å²) < 4.78 is 0.775. The van der Waals surface area contributed by atoms with Crippen LogP contribution in [-0.4, -0.2) is 21.8 Å². The summed E-state index contributed by atoms with van der Waals surface area (Å²) in [6.45, 7) is 0. The number of hydrogen-bond donors (Lipinski definition) is 1. The zero-order valence-corrected chi connectivity index (χ0v) is 9.49. The zero-order chi connectivity index (χ0) is 9.84. The number of carbonyl (C=O) groups is 1. The van der Waals surface area contributed by atoms with Crippen LogP contribution in [0.5, 0.6) is 0 Å². The summed E-state index contributed by atoms with van der Waals surface area (Å²) in [6.07, 6.45) is 1.58. The van der Waals surface area contributed by atoms with Crippen molar-refractivity contribution in [1.29, 1.82) is 0 Å². The summed E-state index contributed by atoms with van der Waals surface area (Å²) >= 11 is 10.1. The smallest absolute Gasteiger partial charge is 0.313 e. The highest BCUT2D eigenvalue weighted by Gasteiger charge is 2.05. The Hall–Kier alpha value is -0.260. The molecule has 0 spiro atoms. The molecule has 1 aromatic rings. The molecule has 0 aromatic carbocycles. The van der Waals surface area contributed by atoms with Crippen molar-refractivity contribution in [2.45, 2.75) is 5.03 Å². The Labute approximate surface area is 92.6 Å². The molecule has 0 fully saturated rings. The molecule has 0 atom stereocenters. The lowest BCUT2D eigenvalue weighted by Crippen LogP contribution is -1.98. The van der Waals surface area contributed by atoms with E-state index in [9.17, 15) is 4.79 Å². The van der Waals surface area contributed by atoms with Gasteiger partial charge in [0, 0.05) is 10.7 Å². The molecule has 0 bridgehead atoms. The van der Waals surface area contributed by atoms with Crippen LogP contribution in [0.25, 0.3) is 0 Å². The van der Waals surface area contributed by atoms with Crippen molar-refractivity contribution in [1.82, 2.24) is 4.98 Å². The standard InChI is InChI=1S/C7H5BrClNO2S/c8-4-1-5(9)7(10-2-4)13-3-6(11)12/h1-2H,3H2,(H,11,12). The highest BCUT2D eigenvalue weighted by atomic mass is 79.9. The molecule has 3 nitrogen and oxygen atoms in total. The van der Waals surface area contributed by atoms with Gasteiger partial charge in [-0.2, -0.15) is 0 Å². The van der Waals surface area contributed by atoms with Gasteiger partial charge >= 0.3 is 5.97 Å². The van der Waals surface area contributed by atoms with Crippen molar-refractivity contribution >= 4 is 45.3 Å². The number of carboxylic acid groups (broad SMARTS) is 1. The Morgan fingerprint density at radius 2 is 2.46 bits per heavy atom. The van der Waals surface area contributed by atoms with Crippen molar-refractivity contribution in [2.75, 3.05) is 5.75 Å². The van der Waals surface area contributed by atoms with Crippen LogP contribution in [0.3, 0.4) is 0 Å². The number of thioether (sulfide) groups is 1. The first-order valence-corrected chi connectivity index (χ1v) is 5.41. The minimum absolute atomic E-state index is 0.0334. The predicted molar refractivity (Wildman–Crippen MR) is 55.3 cm³/mol. The van der Waals surface area contributed by atoms with Crippen LogP contribution in [-0.2, 0) is 4.79 Å². The summed E-state index contributed by atoms with van der Waals surface area (Å²) in [4.78, 5) is 14.2. The van der Waals surface area contributed by atoms with Gasteiger partial charge in [-0.25, -0.2) is 4.98 Å². The van der Waals surface area contributed by atoms with E-state index < -0.39 is 5.97 Å². The van der Waals surface area contributed by atoms with Crippen LogP contribution in [0.4, 0.5) is 0 Å². The van der Waals surface area contributed by atoms with Crippen molar-refractivity contribution < 1.29 is 9.90 Å². The normalized spacial score (nSPS) is 10.0.